The lowest BCUT2D eigenvalue weighted by molar-refractivity contribution is -0.137. The van der Waals surface area contributed by atoms with Crippen molar-refractivity contribution < 1.29 is 27.6 Å². The molecule has 1 radical (unpaired) electrons. The van der Waals surface area contributed by atoms with Gasteiger partial charge in [-0.15, -0.1) is 0 Å². The van der Waals surface area contributed by atoms with Crippen molar-refractivity contribution in [1.29, 1.82) is 0 Å². The average Bonchev–Trinajstić information content (AvgIpc) is 2.04. The van der Waals surface area contributed by atoms with Crippen LogP contribution in [0.3, 0.4) is 0 Å². The Bertz CT molecular complexity index is 277. The van der Waals surface area contributed by atoms with E-state index in [1.54, 1.807) is 0 Å². The lowest BCUT2D eigenvalue weighted by atomic mass is 10.2. The Morgan fingerprint density at radius 3 is 1.93 bits per heavy atom. The monoisotopic (exact) mass is 209 g/mol. The minimum Gasteiger partial charge on any atom is -0.429 e. The summed E-state index contributed by atoms with van der Waals surface area (Å²) in [5.74, 6) is -0.875. The molecule has 0 aliphatic rings. The molecule has 0 heterocycles. The second kappa shape index (κ2) is 5.61. The molecule has 14 heavy (non-hydrogen) atoms. The molecule has 77 valence electrons. The summed E-state index contributed by atoms with van der Waals surface area (Å²) in [6, 6.07) is 3.27. The van der Waals surface area contributed by atoms with Gasteiger partial charge in [0.05, 0.1) is 5.56 Å². The molecule has 0 bridgehead atoms. The van der Waals surface area contributed by atoms with Gasteiger partial charge in [-0.2, -0.15) is 13.2 Å². The third kappa shape index (κ3) is 4.83. The second-order valence-corrected chi connectivity index (χ2v) is 2.12. The number of hydrogen-bond donors (Lipinski definition) is 2. The molecule has 0 saturated heterocycles. The van der Waals surface area contributed by atoms with Gasteiger partial charge in [-0.3, -0.25) is 0 Å². The first-order chi connectivity index (χ1) is 6.41. The summed E-state index contributed by atoms with van der Waals surface area (Å²) in [6.07, 6.45) is -4.46. The van der Waals surface area contributed by atoms with Crippen LogP contribution in [0.5, 0.6) is 0 Å². The zero-order valence-corrected chi connectivity index (χ0v) is 6.79. The van der Waals surface area contributed by atoms with E-state index in [1.165, 1.54) is 0 Å². The molecule has 2 N–H and O–H groups in total. The molecule has 0 saturated carbocycles. The fraction of sp³-hybridized carbons (Fsp3) is 0.143. The third-order valence-electron chi connectivity index (χ3n) is 1.15. The topological polar surface area (TPSA) is 40.5 Å². The molecule has 2 nitrogen and oxygen atoms in total. The fourth-order valence-corrected chi connectivity index (χ4v) is 0.665. The summed E-state index contributed by atoms with van der Waals surface area (Å²) in [5.41, 5.74) is -0.961. The van der Waals surface area contributed by atoms with Crippen LogP contribution in [0.4, 0.5) is 17.6 Å². The lowest BCUT2D eigenvalue weighted by Crippen LogP contribution is -2.04. The molecular weight excluding hydrogens is 203 g/mol. The van der Waals surface area contributed by atoms with Gasteiger partial charge in [-0.25, -0.2) is 4.39 Å². The van der Waals surface area contributed by atoms with Crippen molar-refractivity contribution in [2.24, 2.45) is 0 Å². The molecule has 1 aromatic rings. The normalized spacial score (nSPS) is 10.1. The maximum atomic E-state index is 12.2. The van der Waals surface area contributed by atoms with Crippen molar-refractivity contribution in [3.63, 3.8) is 0 Å². The summed E-state index contributed by atoms with van der Waals surface area (Å²) < 4.78 is 47.6. The van der Waals surface area contributed by atoms with Gasteiger partial charge in [0.25, 0.3) is 0 Å². The summed E-state index contributed by atoms with van der Waals surface area (Å²) >= 11 is 0. The van der Waals surface area contributed by atoms with E-state index in [0.29, 0.717) is 6.07 Å². The van der Waals surface area contributed by atoms with Crippen molar-refractivity contribution in [2.75, 3.05) is 0 Å². The van der Waals surface area contributed by atoms with Gasteiger partial charge in [0, 0.05) is 0 Å². The first-order valence-corrected chi connectivity index (χ1v) is 3.34. The van der Waals surface area contributed by atoms with Gasteiger partial charge in [0.2, 0.25) is 0 Å². The van der Waals surface area contributed by atoms with Gasteiger partial charge >= 0.3 is 13.9 Å². The Morgan fingerprint density at radius 1 is 1.14 bits per heavy atom. The van der Waals surface area contributed by atoms with E-state index in [4.69, 9.17) is 10.0 Å². The molecule has 1 aromatic carbocycles. The number of hydrogen-bond acceptors (Lipinski definition) is 2. The lowest BCUT2D eigenvalue weighted by Gasteiger charge is -2.04. The van der Waals surface area contributed by atoms with Crippen LogP contribution in [0.25, 0.3) is 0 Å². The molecule has 0 aromatic heterocycles. The highest BCUT2D eigenvalue weighted by Crippen LogP contribution is 2.28. The highest BCUT2D eigenvalue weighted by Gasteiger charge is 2.30. The molecule has 0 fully saturated rings. The standard InChI is InChI=1S/C7H4F4.BH2O2/c8-6-3-1-2-5(4-6)7(9,10)11;2-1-3/h1-4H;2-3H. The summed E-state index contributed by atoms with van der Waals surface area (Å²) in [7, 11) is 0. The van der Waals surface area contributed by atoms with E-state index < -0.39 is 17.6 Å². The maximum Gasteiger partial charge on any atom is 0.482 e. The highest BCUT2D eigenvalue weighted by atomic mass is 19.4. The molecule has 0 amide bonds. The van der Waals surface area contributed by atoms with Crippen LogP contribution in [-0.4, -0.2) is 17.7 Å². The van der Waals surface area contributed by atoms with Crippen LogP contribution >= 0.6 is 0 Å². The SMILES string of the molecule is Fc1cccc(C(F)(F)F)c1.O[B]O. The second-order valence-electron chi connectivity index (χ2n) is 2.12. The Labute approximate surface area is 78.1 Å². The quantitative estimate of drug-likeness (QED) is 0.500. The zero-order chi connectivity index (χ0) is 11.2. The maximum absolute atomic E-state index is 12.2. The Hall–Kier alpha value is -1.08. The van der Waals surface area contributed by atoms with Gasteiger partial charge in [-0.1, -0.05) is 6.07 Å². The summed E-state index contributed by atoms with van der Waals surface area (Å²) in [6.45, 7) is 0. The molecule has 0 spiro atoms. The largest absolute Gasteiger partial charge is 0.482 e. The predicted octanol–water partition coefficient (Wildman–Crippen LogP) is 1.35. The van der Waals surface area contributed by atoms with Crippen LogP contribution in [0.2, 0.25) is 0 Å². The number of rotatable bonds is 0. The first-order valence-electron chi connectivity index (χ1n) is 3.34. The van der Waals surface area contributed by atoms with Crippen molar-refractivity contribution >= 4 is 7.69 Å². The number of halogens is 4. The van der Waals surface area contributed by atoms with Crippen molar-refractivity contribution in [3.05, 3.63) is 35.6 Å². The Balaban J connectivity index is 0.000000500. The molecule has 7 heteroatoms. The van der Waals surface area contributed by atoms with Crippen LogP contribution in [0.15, 0.2) is 24.3 Å². The van der Waals surface area contributed by atoms with Gasteiger partial charge < -0.3 is 10.0 Å². The third-order valence-corrected chi connectivity index (χ3v) is 1.15. The number of alkyl halides is 3. The molecule has 1 rings (SSSR count). The predicted molar refractivity (Wildman–Crippen MR) is 41.6 cm³/mol. The Morgan fingerprint density at radius 2 is 1.64 bits per heavy atom. The van der Waals surface area contributed by atoms with Crippen LogP contribution in [0.1, 0.15) is 5.56 Å². The van der Waals surface area contributed by atoms with E-state index >= 15 is 0 Å². The van der Waals surface area contributed by atoms with Gasteiger partial charge in [0.15, 0.2) is 0 Å². The fourth-order valence-electron chi connectivity index (χ4n) is 0.665. The number of benzene rings is 1. The molecule has 0 aliphatic carbocycles. The van der Waals surface area contributed by atoms with Crippen molar-refractivity contribution in [3.8, 4) is 0 Å². The molecular formula is C7H6BF4O2. The average molecular weight is 209 g/mol. The molecule has 0 aliphatic heterocycles. The van der Waals surface area contributed by atoms with Gasteiger partial charge in [-0.05, 0) is 18.2 Å². The zero-order valence-electron chi connectivity index (χ0n) is 6.79. The van der Waals surface area contributed by atoms with E-state index in [9.17, 15) is 17.6 Å². The van der Waals surface area contributed by atoms with E-state index in [-0.39, 0.29) is 7.69 Å². The smallest absolute Gasteiger partial charge is 0.429 e. The summed E-state index contributed by atoms with van der Waals surface area (Å²) in [5, 5.41) is 14.0. The molecule has 0 unspecified atom stereocenters. The molecule has 0 atom stereocenters. The first kappa shape index (κ1) is 12.9. The van der Waals surface area contributed by atoms with Crippen molar-refractivity contribution in [1.82, 2.24) is 0 Å². The van der Waals surface area contributed by atoms with E-state index in [1.807, 2.05) is 0 Å². The van der Waals surface area contributed by atoms with Crippen LogP contribution in [0, 0.1) is 5.82 Å². The van der Waals surface area contributed by atoms with Crippen molar-refractivity contribution in [2.45, 2.75) is 6.18 Å². The van der Waals surface area contributed by atoms with Crippen LogP contribution in [-0.2, 0) is 6.18 Å². The minimum absolute atomic E-state index is 0. The minimum atomic E-state index is -4.46. The van der Waals surface area contributed by atoms with Gasteiger partial charge in [0.1, 0.15) is 5.82 Å². The Kier molecular flexibility index (Phi) is 5.18. The van der Waals surface area contributed by atoms with E-state index in [2.05, 4.69) is 0 Å². The van der Waals surface area contributed by atoms with Crippen LogP contribution < -0.4 is 0 Å². The summed E-state index contributed by atoms with van der Waals surface area (Å²) in [4.78, 5) is 0. The highest BCUT2D eigenvalue weighted by molar-refractivity contribution is 6.13. The van der Waals surface area contributed by atoms with E-state index in [0.717, 1.165) is 18.2 Å².